The topological polar surface area (TPSA) is 49.6 Å². The molecule has 0 radical (unpaired) electrons. The van der Waals surface area contributed by atoms with Gasteiger partial charge in [-0.3, -0.25) is 0 Å². The first-order valence-corrected chi connectivity index (χ1v) is 7.05. The molecule has 1 aromatic carbocycles. The zero-order valence-electron chi connectivity index (χ0n) is 12.1. The summed E-state index contributed by atoms with van der Waals surface area (Å²) in [5.41, 5.74) is 0.844. The van der Waals surface area contributed by atoms with Crippen LogP contribution in [0.4, 0.5) is 4.39 Å². The van der Waals surface area contributed by atoms with Crippen molar-refractivity contribution < 1.29 is 8.81 Å². The van der Waals surface area contributed by atoms with Crippen LogP contribution in [0.25, 0.3) is 0 Å². The van der Waals surface area contributed by atoms with Crippen molar-refractivity contribution in [2.24, 2.45) is 4.99 Å². The van der Waals surface area contributed by atoms with E-state index in [1.807, 2.05) is 19.1 Å². The molecule has 120 valence electrons. The number of hydrogen-bond acceptors (Lipinski definition) is 2. The third-order valence-corrected chi connectivity index (χ3v) is 3.05. The summed E-state index contributed by atoms with van der Waals surface area (Å²) < 4.78 is 18.3. The molecule has 22 heavy (non-hydrogen) atoms. The maximum Gasteiger partial charge on any atom is 0.191 e. The smallest absolute Gasteiger partial charge is 0.191 e. The number of guanidine groups is 1. The average molecular weight is 438 g/mol. The molecule has 0 aliphatic heterocycles. The van der Waals surface area contributed by atoms with Gasteiger partial charge in [0, 0.05) is 6.54 Å². The molecule has 0 unspecified atom stereocenters. The van der Waals surface area contributed by atoms with Gasteiger partial charge in [0.25, 0.3) is 0 Å². The lowest BCUT2D eigenvalue weighted by atomic mass is 10.2. The Morgan fingerprint density at radius 2 is 2.14 bits per heavy atom. The molecule has 0 amide bonds. The van der Waals surface area contributed by atoms with Crippen LogP contribution in [0.15, 0.2) is 46.0 Å². The molecule has 0 bridgehead atoms. The zero-order chi connectivity index (χ0) is 15.1. The fraction of sp³-hybridized carbons (Fsp3) is 0.267. The van der Waals surface area contributed by atoms with Gasteiger partial charge < -0.3 is 15.1 Å². The lowest BCUT2D eigenvalue weighted by Gasteiger charge is -2.10. The summed E-state index contributed by atoms with van der Waals surface area (Å²) in [6.45, 7) is 3.68. The number of nitrogens with zero attached hydrogens (tertiary/aromatic N) is 1. The minimum absolute atomic E-state index is 0. The summed E-state index contributed by atoms with van der Waals surface area (Å²) in [5, 5.41) is 6.40. The average Bonchev–Trinajstić information content (AvgIpc) is 2.99. The summed E-state index contributed by atoms with van der Waals surface area (Å²) in [5.74, 6) is 1.06. The van der Waals surface area contributed by atoms with Crippen molar-refractivity contribution in [2.45, 2.75) is 20.0 Å². The molecule has 0 saturated carbocycles. The largest absolute Gasteiger partial charge is 0.467 e. The van der Waals surface area contributed by atoms with E-state index in [1.54, 1.807) is 18.4 Å². The predicted molar refractivity (Wildman–Crippen MR) is 97.2 cm³/mol. The Kier molecular flexibility index (Phi) is 8.26. The number of hydrogen-bond donors (Lipinski definition) is 2. The van der Waals surface area contributed by atoms with Crippen molar-refractivity contribution in [2.75, 3.05) is 6.54 Å². The Balaban J connectivity index is 0.00000242. The maximum atomic E-state index is 13.1. The molecule has 0 saturated heterocycles. The molecule has 7 heteroatoms. The van der Waals surface area contributed by atoms with E-state index in [4.69, 9.17) is 16.0 Å². The van der Waals surface area contributed by atoms with E-state index < -0.39 is 5.82 Å². The monoisotopic (exact) mass is 437 g/mol. The van der Waals surface area contributed by atoms with Crippen molar-refractivity contribution in [1.29, 1.82) is 0 Å². The van der Waals surface area contributed by atoms with Gasteiger partial charge in [-0.05, 0) is 36.8 Å². The van der Waals surface area contributed by atoms with Gasteiger partial charge in [-0.25, -0.2) is 9.38 Å². The quantitative estimate of drug-likeness (QED) is 0.423. The Morgan fingerprint density at radius 3 is 2.77 bits per heavy atom. The first kappa shape index (κ1) is 18.8. The van der Waals surface area contributed by atoms with Crippen LogP contribution in [-0.4, -0.2) is 12.5 Å². The normalized spacial score (nSPS) is 11.0. The predicted octanol–water partition coefficient (Wildman–Crippen LogP) is 3.95. The van der Waals surface area contributed by atoms with Crippen LogP contribution in [-0.2, 0) is 13.1 Å². The molecular formula is C15H18ClFIN3O. The van der Waals surface area contributed by atoms with Crippen LogP contribution in [0.1, 0.15) is 18.2 Å². The van der Waals surface area contributed by atoms with Gasteiger partial charge in [0.15, 0.2) is 5.96 Å². The van der Waals surface area contributed by atoms with Crippen molar-refractivity contribution >= 4 is 41.5 Å². The maximum absolute atomic E-state index is 13.1. The first-order chi connectivity index (χ1) is 10.2. The van der Waals surface area contributed by atoms with E-state index in [1.165, 1.54) is 6.07 Å². The summed E-state index contributed by atoms with van der Waals surface area (Å²) >= 11 is 5.75. The Hall–Kier alpha value is -1.28. The molecule has 0 fully saturated rings. The van der Waals surface area contributed by atoms with E-state index in [2.05, 4.69) is 15.6 Å². The Morgan fingerprint density at radius 1 is 1.32 bits per heavy atom. The van der Waals surface area contributed by atoms with Crippen LogP contribution >= 0.6 is 35.6 Å². The second-order valence-electron chi connectivity index (χ2n) is 4.38. The van der Waals surface area contributed by atoms with Crippen LogP contribution in [0.3, 0.4) is 0 Å². The summed E-state index contributed by atoms with van der Waals surface area (Å²) in [4.78, 5) is 4.43. The van der Waals surface area contributed by atoms with Gasteiger partial charge in [-0.2, -0.15) is 0 Å². The lowest BCUT2D eigenvalue weighted by molar-refractivity contribution is 0.501. The second kappa shape index (κ2) is 9.68. The molecule has 1 heterocycles. The molecular weight excluding hydrogens is 420 g/mol. The van der Waals surface area contributed by atoms with Gasteiger partial charge in [0.1, 0.15) is 11.6 Å². The van der Waals surface area contributed by atoms with Crippen molar-refractivity contribution in [3.63, 3.8) is 0 Å². The lowest BCUT2D eigenvalue weighted by Crippen LogP contribution is -2.36. The van der Waals surface area contributed by atoms with Crippen molar-refractivity contribution in [3.8, 4) is 0 Å². The van der Waals surface area contributed by atoms with Crippen LogP contribution in [0, 0.1) is 5.82 Å². The standard InChI is InChI=1S/C15H17ClFN3O.HI/c1-2-18-15(20-10-12-4-3-7-21-12)19-9-11-5-6-14(17)13(16)8-11;/h3-8H,2,9-10H2,1H3,(H2,18,19,20);1H. The highest BCUT2D eigenvalue weighted by atomic mass is 127. The second-order valence-corrected chi connectivity index (χ2v) is 4.78. The Bertz CT molecular complexity index is 605. The number of aliphatic imine (C=N–C) groups is 1. The molecule has 2 aromatic rings. The van der Waals surface area contributed by atoms with E-state index in [-0.39, 0.29) is 29.0 Å². The first-order valence-electron chi connectivity index (χ1n) is 6.67. The molecule has 4 nitrogen and oxygen atoms in total. The molecule has 0 atom stereocenters. The van der Waals surface area contributed by atoms with E-state index >= 15 is 0 Å². The molecule has 2 N–H and O–H groups in total. The SMILES string of the molecule is CCNC(=NCc1ccc(F)c(Cl)c1)NCc1ccco1.I. The summed E-state index contributed by atoms with van der Waals surface area (Å²) in [6.07, 6.45) is 1.63. The molecule has 0 spiro atoms. The highest BCUT2D eigenvalue weighted by Crippen LogP contribution is 2.16. The van der Waals surface area contributed by atoms with Crippen LogP contribution in [0.2, 0.25) is 5.02 Å². The third kappa shape index (κ3) is 5.84. The summed E-state index contributed by atoms with van der Waals surface area (Å²) in [7, 11) is 0. The van der Waals surface area contributed by atoms with Gasteiger partial charge >= 0.3 is 0 Å². The van der Waals surface area contributed by atoms with Crippen molar-refractivity contribution in [1.82, 2.24) is 10.6 Å². The number of benzene rings is 1. The van der Waals surface area contributed by atoms with E-state index in [0.29, 0.717) is 19.0 Å². The fourth-order valence-corrected chi connectivity index (χ4v) is 1.94. The van der Waals surface area contributed by atoms with Gasteiger partial charge in [0.05, 0.1) is 24.4 Å². The summed E-state index contributed by atoms with van der Waals surface area (Å²) in [6, 6.07) is 8.31. The van der Waals surface area contributed by atoms with Gasteiger partial charge in [-0.1, -0.05) is 17.7 Å². The van der Waals surface area contributed by atoms with Crippen LogP contribution in [0.5, 0.6) is 0 Å². The number of rotatable bonds is 5. The molecule has 0 aliphatic rings. The number of halogens is 3. The highest BCUT2D eigenvalue weighted by molar-refractivity contribution is 14.0. The van der Waals surface area contributed by atoms with Gasteiger partial charge in [0.2, 0.25) is 0 Å². The Labute approximate surface area is 151 Å². The van der Waals surface area contributed by atoms with Crippen molar-refractivity contribution in [3.05, 3.63) is 58.8 Å². The minimum Gasteiger partial charge on any atom is -0.467 e. The molecule has 2 rings (SSSR count). The van der Waals surface area contributed by atoms with E-state index in [9.17, 15) is 4.39 Å². The number of nitrogens with one attached hydrogen (secondary N) is 2. The zero-order valence-corrected chi connectivity index (χ0v) is 15.2. The third-order valence-electron chi connectivity index (χ3n) is 2.76. The molecule has 1 aromatic heterocycles. The fourth-order valence-electron chi connectivity index (χ4n) is 1.73. The van der Waals surface area contributed by atoms with Gasteiger partial charge in [-0.15, -0.1) is 24.0 Å². The highest BCUT2D eigenvalue weighted by Gasteiger charge is 2.02. The van der Waals surface area contributed by atoms with E-state index in [0.717, 1.165) is 17.9 Å². The number of furan rings is 1. The minimum atomic E-state index is -0.424. The van der Waals surface area contributed by atoms with Crippen LogP contribution < -0.4 is 10.6 Å². The molecule has 0 aliphatic carbocycles.